The van der Waals surface area contributed by atoms with Crippen molar-refractivity contribution < 1.29 is 4.74 Å². The van der Waals surface area contributed by atoms with Crippen molar-refractivity contribution in [2.75, 3.05) is 6.61 Å². The van der Waals surface area contributed by atoms with Crippen LogP contribution in [0.1, 0.15) is 24.6 Å². The Kier molecular flexibility index (Phi) is 3.11. The number of nitrogens with zero attached hydrogens (tertiary/aromatic N) is 2. The highest BCUT2D eigenvalue weighted by molar-refractivity contribution is 5.98. The first-order valence-corrected chi connectivity index (χ1v) is 4.58. The SMILES string of the molecule is CCCOc1c(C(=N)N)c(C)nn1C. The summed E-state index contributed by atoms with van der Waals surface area (Å²) >= 11 is 0. The van der Waals surface area contributed by atoms with Gasteiger partial charge in [-0.25, -0.2) is 4.68 Å². The molecular weight excluding hydrogens is 180 g/mol. The molecule has 0 amide bonds. The summed E-state index contributed by atoms with van der Waals surface area (Å²) in [5.41, 5.74) is 6.78. The second-order valence-electron chi connectivity index (χ2n) is 3.15. The highest BCUT2D eigenvalue weighted by Crippen LogP contribution is 2.20. The molecule has 0 radical (unpaired) electrons. The Morgan fingerprint density at radius 3 is 2.79 bits per heavy atom. The summed E-state index contributed by atoms with van der Waals surface area (Å²) in [7, 11) is 1.78. The maximum absolute atomic E-state index is 7.41. The third-order valence-electron chi connectivity index (χ3n) is 1.88. The summed E-state index contributed by atoms with van der Waals surface area (Å²) in [6, 6.07) is 0. The fourth-order valence-electron chi connectivity index (χ4n) is 1.31. The lowest BCUT2D eigenvalue weighted by Gasteiger charge is -2.06. The van der Waals surface area contributed by atoms with Gasteiger partial charge >= 0.3 is 0 Å². The number of ether oxygens (including phenoxy) is 1. The fourth-order valence-corrected chi connectivity index (χ4v) is 1.31. The highest BCUT2D eigenvalue weighted by Gasteiger charge is 2.16. The molecule has 5 heteroatoms. The minimum Gasteiger partial charge on any atom is -0.477 e. The highest BCUT2D eigenvalue weighted by atomic mass is 16.5. The smallest absolute Gasteiger partial charge is 0.223 e. The summed E-state index contributed by atoms with van der Waals surface area (Å²) in [6.45, 7) is 4.45. The monoisotopic (exact) mass is 196 g/mol. The summed E-state index contributed by atoms with van der Waals surface area (Å²) in [5, 5.41) is 11.6. The summed E-state index contributed by atoms with van der Waals surface area (Å²) in [5.74, 6) is 0.582. The van der Waals surface area contributed by atoms with Crippen LogP contribution in [-0.4, -0.2) is 22.2 Å². The van der Waals surface area contributed by atoms with E-state index in [1.54, 1.807) is 11.7 Å². The minimum atomic E-state index is 0.00158. The Balaban J connectivity index is 3.05. The van der Waals surface area contributed by atoms with E-state index in [0.717, 1.165) is 12.1 Å². The van der Waals surface area contributed by atoms with E-state index in [-0.39, 0.29) is 5.84 Å². The van der Waals surface area contributed by atoms with Gasteiger partial charge in [0.1, 0.15) is 11.4 Å². The van der Waals surface area contributed by atoms with Crippen molar-refractivity contribution in [3.63, 3.8) is 0 Å². The van der Waals surface area contributed by atoms with Crippen LogP contribution in [-0.2, 0) is 7.05 Å². The molecule has 3 N–H and O–H groups in total. The summed E-state index contributed by atoms with van der Waals surface area (Å²) in [4.78, 5) is 0. The van der Waals surface area contributed by atoms with Crippen LogP contribution in [0.5, 0.6) is 5.88 Å². The van der Waals surface area contributed by atoms with Gasteiger partial charge in [-0.15, -0.1) is 0 Å². The normalized spacial score (nSPS) is 10.2. The van der Waals surface area contributed by atoms with Crippen LogP contribution in [0.25, 0.3) is 0 Å². The largest absolute Gasteiger partial charge is 0.477 e. The van der Waals surface area contributed by atoms with E-state index >= 15 is 0 Å². The van der Waals surface area contributed by atoms with Crippen molar-refractivity contribution in [2.45, 2.75) is 20.3 Å². The van der Waals surface area contributed by atoms with Crippen LogP contribution < -0.4 is 10.5 Å². The van der Waals surface area contributed by atoms with Crippen molar-refractivity contribution in [1.29, 1.82) is 5.41 Å². The number of nitrogen functional groups attached to an aromatic ring is 1. The number of hydrogen-bond acceptors (Lipinski definition) is 3. The lowest BCUT2D eigenvalue weighted by Crippen LogP contribution is -2.14. The van der Waals surface area contributed by atoms with E-state index in [4.69, 9.17) is 15.9 Å². The van der Waals surface area contributed by atoms with Gasteiger partial charge in [0, 0.05) is 7.05 Å². The topological polar surface area (TPSA) is 76.9 Å². The zero-order chi connectivity index (χ0) is 10.7. The fraction of sp³-hybridized carbons (Fsp3) is 0.556. The van der Waals surface area contributed by atoms with Crippen LogP contribution >= 0.6 is 0 Å². The third-order valence-corrected chi connectivity index (χ3v) is 1.88. The van der Waals surface area contributed by atoms with Crippen molar-refractivity contribution in [3.8, 4) is 5.88 Å². The number of aromatic nitrogens is 2. The van der Waals surface area contributed by atoms with E-state index < -0.39 is 0 Å². The van der Waals surface area contributed by atoms with Crippen LogP contribution in [0.3, 0.4) is 0 Å². The Labute approximate surface area is 83.4 Å². The van der Waals surface area contributed by atoms with Gasteiger partial charge in [-0.05, 0) is 13.3 Å². The van der Waals surface area contributed by atoms with Gasteiger partial charge < -0.3 is 10.5 Å². The second kappa shape index (κ2) is 4.13. The molecule has 0 aliphatic rings. The Hall–Kier alpha value is -1.52. The molecule has 0 unspecified atom stereocenters. The first-order valence-electron chi connectivity index (χ1n) is 4.58. The van der Waals surface area contributed by atoms with Gasteiger partial charge in [0.25, 0.3) is 0 Å². The van der Waals surface area contributed by atoms with Gasteiger partial charge in [-0.2, -0.15) is 5.10 Å². The predicted octanol–water partition coefficient (Wildman–Crippen LogP) is 0.801. The molecule has 0 saturated heterocycles. The first-order chi connectivity index (χ1) is 6.57. The predicted molar refractivity (Wildman–Crippen MR) is 54.7 cm³/mol. The van der Waals surface area contributed by atoms with E-state index in [2.05, 4.69) is 5.10 Å². The molecule has 1 aromatic rings. The summed E-state index contributed by atoms with van der Waals surface area (Å²) in [6.07, 6.45) is 0.918. The number of amidine groups is 1. The van der Waals surface area contributed by atoms with E-state index in [9.17, 15) is 0 Å². The zero-order valence-electron chi connectivity index (χ0n) is 8.79. The lowest BCUT2D eigenvalue weighted by atomic mass is 10.2. The molecule has 0 fully saturated rings. The number of nitrogens with one attached hydrogen (secondary N) is 1. The van der Waals surface area contributed by atoms with E-state index in [1.165, 1.54) is 0 Å². The molecule has 0 atom stereocenters. The van der Waals surface area contributed by atoms with Crippen LogP contribution in [0, 0.1) is 12.3 Å². The van der Waals surface area contributed by atoms with E-state index in [1.807, 2.05) is 13.8 Å². The van der Waals surface area contributed by atoms with Gasteiger partial charge in [-0.3, -0.25) is 5.41 Å². The van der Waals surface area contributed by atoms with E-state index in [0.29, 0.717) is 18.1 Å². The number of nitrogens with two attached hydrogens (primary N) is 1. The molecule has 14 heavy (non-hydrogen) atoms. The lowest BCUT2D eigenvalue weighted by molar-refractivity contribution is 0.289. The molecular formula is C9H16N4O. The van der Waals surface area contributed by atoms with Crippen molar-refractivity contribution in [2.24, 2.45) is 12.8 Å². The molecule has 5 nitrogen and oxygen atoms in total. The minimum absolute atomic E-state index is 0.00158. The zero-order valence-corrected chi connectivity index (χ0v) is 8.79. The van der Waals surface area contributed by atoms with Crippen LogP contribution in [0.15, 0.2) is 0 Å². The molecule has 1 heterocycles. The molecule has 0 aliphatic carbocycles. The maximum Gasteiger partial charge on any atom is 0.223 e. The molecule has 0 spiro atoms. The molecule has 0 aromatic carbocycles. The quantitative estimate of drug-likeness (QED) is 0.552. The molecule has 0 saturated carbocycles. The standard InChI is InChI=1S/C9H16N4O/c1-4-5-14-9-7(8(10)11)6(2)12-13(9)3/h4-5H2,1-3H3,(H3,10,11). The molecule has 0 bridgehead atoms. The third kappa shape index (κ3) is 1.86. The van der Waals surface area contributed by atoms with Gasteiger partial charge in [0.2, 0.25) is 5.88 Å². The summed E-state index contributed by atoms with van der Waals surface area (Å²) < 4.78 is 7.09. The van der Waals surface area contributed by atoms with Crippen molar-refractivity contribution in [3.05, 3.63) is 11.3 Å². The Morgan fingerprint density at radius 1 is 1.64 bits per heavy atom. The first kappa shape index (κ1) is 10.6. The number of hydrogen-bond donors (Lipinski definition) is 2. The Morgan fingerprint density at radius 2 is 2.29 bits per heavy atom. The van der Waals surface area contributed by atoms with Crippen molar-refractivity contribution >= 4 is 5.84 Å². The molecule has 1 aromatic heterocycles. The van der Waals surface area contributed by atoms with Gasteiger partial charge in [0.15, 0.2) is 0 Å². The van der Waals surface area contributed by atoms with Crippen LogP contribution in [0.2, 0.25) is 0 Å². The molecule has 0 aliphatic heterocycles. The average Bonchev–Trinajstić information content (AvgIpc) is 2.37. The van der Waals surface area contributed by atoms with Gasteiger partial charge in [-0.1, -0.05) is 6.92 Å². The van der Waals surface area contributed by atoms with Crippen molar-refractivity contribution in [1.82, 2.24) is 9.78 Å². The average molecular weight is 196 g/mol. The number of aryl methyl sites for hydroxylation is 2. The number of rotatable bonds is 4. The molecule has 78 valence electrons. The maximum atomic E-state index is 7.41. The van der Waals surface area contributed by atoms with Gasteiger partial charge in [0.05, 0.1) is 12.3 Å². The van der Waals surface area contributed by atoms with Crippen LogP contribution in [0.4, 0.5) is 0 Å². The second-order valence-corrected chi connectivity index (χ2v) is 3.15. The Bertz CT molecular complexity index is 343. The molecule has 1 rings (SSSR count).